The number of hydrogen-bond acceptors (Lipinski definition) is 9. The van der Waals surface area contributed by atoms with Crippen LogP contribution in [0.4, 0.5) is 0 Å². The molecular weight excluding hydrogens is 496 g/mol. The monoisotopic (exact) mass is 542 g/mol. The Kier molecular flexibility index (Phi) is 13.5. The van der Waals surface area contributed by atoms with Crippen LogP contribution in [-0.4, -0.2) is 121 Å². The maximum atomic E-state index is 6.01. The molecule has 0 bridgehead atoms. The average molecular weight is 543 g/mol. The van der Waals surface area contributed by atoms with Crippen molar-refractivity contribution in [2.45, 2.75) is 12.8 Å². The van der Waals surface area contributed by atoms with Crippen molar-refractivity contribution >= 4 is 11.1 Å². The van der Waals surface area contributed by atoms with Gasteiger partial charge in [-0.05, 0) is 84.5 Å². The minimum absolute atomic E-state index is 0.588. The molecule has 2 aromatic carbocycles. The molecule has 1 heterocycles. The first-order valence-electron chi connectivity index (χ1n) is 13.8. The van der Waals surface area contributed by atoms with Crippen LogP contribution < -0.4 is 9.47 Å². The zero-order valence-electron chi connectivity index (χ0n) is 24.4. The molecule has 3 aromatic rings. The molecule has 0 saturated carbocycles. The standard InChI is InChI=1S/C30H46N4O5/c1-32(2)14-6-18-38-27-12-13-28-29(24-27)39-30(31-28)25-8-10-26(11-9-25)37-19-7-15-34(5)17-21-36-23-22-35-20-16-33(3)4/h8-13,24H,6-7,14-23H2,1-5H3. The lowest BCUT2D eigenvalue weighted by Crippen LogP contribution is -2.26. The summed E-state index contributed by atoms with van der Waals surface area (Å²) in [6, 6.07) is 13.7. The molecule has 0 aliphatic carbocycles. The van der Waals surface area contributed by atoms with Gasteiger partial charge in [0.15, 0.2) is 5.58 Å². The van der Waals surface area contributed by atoms with Gasteiger partial charge in [0, 0.05) is 37.8 Å². The Balaban J connectivity index is 1.32. The van der Waals surface area contributed by atoms with Crippen molar-refractivity contribution in [3.63, 3.8) is 0 Å². The smallest absolute Gasteiger partial charge is 0.227 e. The molecule has 0 aliphatic rings. The van der Waals surface area contributed by atoms with Gasteiger partial charge < -0.3 is 38.1 Å². The summed E-state index contributed by atoms with van der Waals surface area (Å²) >= 11 is 0. The second kappa shape index (κ2) is 17.1. The predicted octanol–water partition coefficient (Wildman–Crippen LogP) is 4.12. The number of rotatable bonds is 20. The molecule has 3 rings (SSSR count). The van der Waals surface area contributed by atoms with Gasteiger partial charge in [-0.1, -0.05) is 0 Å². The van der Waals surface area contributed by atoms with Crippen molar-refractivity contribution in [1.29, 1.82) is 0 Å². The number of aromatic nitrogens is 1. The van der Waals surface area contributed by atoms with Gasteiger partial charge in [0.05, 0.1) is 39.6 Å². The summed E-state index contributed by atoms with van der Waals surface area (Å²) in [5.41, 5.74) is 2.45. The van der Waals surface area contributed by atoms with E-state index in [1.165, 1.54) is 0 Å². The third kappa shape index (κ3) is 11.9. The van der Waals surface area contributed by atoms with Crippen molar-refractivity contribution in [2.24, 2.45) is 0 Å². The molecule has 0 spiro atoms. The Hall–Kier alpha value is -2.69. The van der Waals surface area contributed by atoms with Crippen LogP contribution in [0.1, 0.15) is 12.8 Å². The Bertz CT molecular complexity index is 1070. The van der Waals surface area contributed by atoms with Gasteiger partial charge in [-0.2, -0.15) is 0 Å². The minimum Gasteiger partial charge on any atom is -0.494 e. The largest absolute Gasteiger partial charge is 0.494 e. The molecule has 0 aliphatic heterocycles. The summed E-state index contributed by atoms with van der Waals surface area (Å²) < 4.78 is 29.0. The van der Waals surface area contributed by atoms with Crippen LogP contribution >= 0.6 is 0 Å². The van der Waals surface area contributed by atoms with Gasteiger partial charge in [0.2, 0.25) is 5.89 Å². The molecule has 0 N–H and O–H groups in total. The number of oxazole rings is 1. The van der Waals surface area contributed by atoms with Crippen LogP contribution in [0, 0.1) is 0 Å². The van der Waals surface area contributed by atoms with Crippen LogP contribution in [0.2, 0.25) is 0 Å². The number of ether oxygens (including phenoxy) is 4. The van der Waals surface area contributed by atoms with E-state index in [1.54, 1.807) is 0 Å². The highest BCUT2D eigenvalue weighted by molar-refractivity contribution is 5.77. The van der Waals surface area contributed by atoms with Crippen LogP contribution in [-0.2, 0) is 9.47 Å². The summed E-state index contributed by atoms with van der Waals surface area (Å²) in [6.07, 6.45) is 1.91. The quantitative estimate of drug-likeness (QED) is 0.196. The topological polar surface area (TPSA) is 72.7 Å². The predicted molar refractivity (Wildman–Crippen MR) is 156 cm³/mol. The van der Waals surface area contributed by atoms with E-state index in [2.05, 4.69) is 40.8 Å². The molecule has 0 amide bonds. The van der Waals surface area contributed by atoms with Gasteiger partial charge in [0.25, 0.3) is 0 Å². The number of benzene rings is 2. The summed E-state index contributed by atoms with van der Waals surface area (Å²) in [5.74, 6) is 2.22. The molecule has 0 unspecified atom stereocenters. The summed E-state index contributed by atoms with van der Waals surface area (Å²) in [5, 5.41) is 0. The highest BCUT2D eigenvalue weighted by Gasteiger charge is 2.10. The molecule has 216 valence electrons. The number of likely N-dealkylation sites (N-methyl/N-ethyl adjacent to an activating group) is 2. The van der Waals surface area contributed by atoms with E-state index in [-0.39, 0.29) is 0 Å². The molecule has 1 aromatic heterocycles. The third-order valence-corrected chi connectivity index (χ3v) is 6.10. The van der Waals surface area contributed by atoms with Gasteiger partial charge in [-0.3, -0.25) is 0 Å². The van der Waals surface area contributed by atoms with Crippen molar-refractivity contribution in [3.05, 3.63) is 42.5 Å². The van der Waals surface area contributed by atoms with Crippen molar-refractivity contribution in [2.75, 3.05) is 101 Å². The number of hydrogen-bond donors (Lipinski definition) is 0. The third-order valence-electron chi connectivity index (χ3n) is 6.10. The second-order valence-electron chi connectivity index (χ2n) is 10.2. The van der Waals surface area contributed by atoms with Crippen molar-refractivity contribution in [3.8, 4) is 23.0 Å². The Morgan fingerprint density at radius 3 is 1.95 bits per heavy atom. The highest BCUT2D eigenvalue weighted by Crippen LogP contribution is 2.28. The lowest BCUT2D eigenvalue weighted by atomic mass is 10.2. The fourth-order valence-electron chi connectivity index (χ4n) is 3.81. The van der Waals surface area contributed by atoms with E-state index in [0.29, 0.717) is 38.9 Å². The zero-order valence-corrected chi connectivity index (χ0v) is 24.4. The Labute approximate surface area is 233 Å². The molecular formula is C30H46N4O5. The van der Waals surface area contributed by atoms with Gasteiger partial charge in [-0.15, -0.1) is 0 Å². The van der Waals surface area contributed by atoms with Gasteiger partial charge in [-0.25, -0.2) is 4.98 Å². The van der Waals surface area contributed by atoms with Crippen LogP contribution in [0.15, 0.2) is 46.9 Å². The van der Waals surface area contributed by atoms with E-state index in [4.69, 9.17) is 23.4 Å². The normalized spacial score (nSPS) is 11.8. The maximum Gasteiger partial charge on any atom is 0.227 e. The van der Waals surface area contributed by atoms with E-state index < -0.39 is 0 Å². The first kappa shape index (κ1) is 30.8. The van der Waals surface area contributed by atoms with E-state index >= 15 is 0 Å². The summed E-state index contributed by atoms with van der Waals surface area (Å²) in [7, 11) is 10.3. The molecule has 9 nitrogen and oxygen atoms in total. The lowest BCUT2D eigenvalue weighted by Gasteiger charge is -2.17. The van der Waals surface area contributed by atoms with Crippen LogP contribution in [0.3, 0.4) is 0 Å². The SMILES string of the molecule is CN(C)CCCOc1ccc2nc(-c3ccc(OCCCN(C)CCOCCOCCN(C)C)cc3)oc2c1. The summed E-state index contributed by atoms with van der Waals surface area (Å²) in [4.78, 5) is 11.1. The Morgan fingerprint density at radius 2 is 1.26 bits per heavy atom. The first-order valence-corrected chi connectivity index (χ1v) is 13.8. The van der Waals surface area contributed by atoms with E-state index in [9.17, 15) is 0 Å². The maximum absolute atomic E-state index is 6.01. The first-order chi connectivity index (χ1) is 18.9. The fourth-order valence-corrected chi connectivity index (χ4v) is 3.81. The summed E-state index contributed by atoms with van der Waals surface area (Å²) in [6.45, 7) is 7.82. The second-order valence-corrected chi connectivity index (χ2v) is 10.2. The van der Waals surface area contributed by atoms with Gasteiger partial charge >= 0.3 is 0 Å². The van der Waals surface area contributed by atoms with Crippen LogP contribution in [0.5, 0.6) is 11.5 Å². The van der Waals surface area contributed by atoms with Crippen LogP contribution in [0.25, 0.3) is 22.6 Å². The number of fused-ring (bicyclic) bond motifs is 1. The fraction of sp³-hybridized carbons (Fsp3) is 0.567. The van der Waals surface area contributed by atoms with E-state index in [0.717, 1.165) is 73.8 Å². The zero-order chi connectivity index (χ0) is 27.9. The van der Waals surface area contributed by atoms with Crippen molar-refractivity contribution in [1.82, 2.24) is 19.7 Å². The number of nitrogens with zero attached hydrogens (tertiary/aromatic N) is 4. The molecule has 0 fully saturated rings. The van der Waals surface area contributed by atoms with E-state index in [1.807, 2.05) is 56.6 Å². The molecule has 39 heavy (non-hydrogen) atoms. The minimum atomic E-state index is 0.588. The van der Waals surface area contributed by atoms with Gasteiger partial charge in [0.1, 0.15) is 17.0 Å². The van der Waals surface area contributed by atoms with Crippen molar-refractivity contribution < 1.29 is 23.4 Å². The highest BCUT2D eigenvalue weighted by atomic mass is 16.5. The average Bonchev–Trinajstić information content (AvgIpc) is 3.34. The molecule has 0 saturated heterocycles. The molecule has 0 radical (unpaired) electrons. The molecule has 9 heteroatoms. The lowest BCUT2D eigenvalue weighted by molar-refractivity contribution is 0.0363. The molecule has 0 atom stereocenters. The Morgan fingerprint density at radius 1 is 0.641 bits per heavy atom.